The maximum absolute atomic E-state index is 5.93. The fourth-order valence-corrected chi connectivity index (χ4v) is 3.39. The third-order valence-corrected chi connectivity index (χ3v) is 4.64. The highest BCUT2D eigenvalue weighted by Gasteiger charge is 2.23. The van der Waals surface area contributed by atoms with Gasteiger partial charge < -0.3 is 10.6 Å². The van der Waals surface area contributed by atoms with Gasteiger partial charge in [0, 0.05) is 36.2 Å². The zero-order valence-electron chi connectivity index (χ0n) is 12.1. The van der Waals surface area contributed by atoms with Crippen molar-refractivity contribution in [3.8, 4) is 0 Å². The van der Waals surface area contributed by atoms with Crippen LogP contribution in [0.5, 0.6) is 0 Å². The van der Waals surface area contributed by atoms with Crippen molar-refractivity contribution < 1.29 is 0 Å². The van der Waals surface area contributed by atoms with Crippen LogP contribution in [0.3, 0.4) is 0 Å². The standard InChI is InChI=1S/C15H24BrN3/c1-4-18-7-8-19(10-11(18)2)15-6-5-13(12(3)17)9-14(15)16/h5-6,9,11-12H,4,7-8,10,17H2,1-3H3. The fourth-order valence-electron chi connectivity index (χ4n) is 2.75. The Hall–Kier alpha value is -0.580. The van der Waals surface area contributed by atoms with Crippen LogP contribution in [0, 0.1) is 0 Å². The summed E-state index contributed by atoms with van der Waals surface area (Å²) in [6.45, 7) is 11.0. The largest absolute Gasteiger partial charge is 0.368 e. The smallest absolute Gasteiger partial charge is 0.0511 e. The predicted molar refractivity (Wildman–Crippen MR) is 85.7 cm³/mol. The zero-order valence-corrected chi connectivity index (χ0v) is 13.7. The molecule has 1 fully saturated rings. The number of halogens is 1. The summed E-state index contributed by atoms with van der Waals surface area (Å²) in [5, 5.41) is 0. The van der Waals surface area contributed by atoms with Crippen LogP contribution in [-0.2, 0) is 0 Å². The molecule has 0 spiro atoms. The first kappa shape index (κ1) is 14.8. The van der Waals surface area contributed by atoms with E-state index in [9.17, 15) is 0 Å². The van der Waals surface area contributed by atoms with Gasteiger partial charge in [0.1, 0.15) is 0 Å². The van der Waals surface area contributed by atoms with Crippen molar-refractivity contribution in [1.82, 2.24) is 4.90 Å². The van der Waals surface area contributed by atoms with E-state index in [0.29, 0.717) is 6.04 Å². The number of anilines is 1. The molecule has 1 aromatic carbocycles. The van der Waals surface area contributed by atoms with Crippen molar-refractivity contribution in [2.45, 2.75) is 32.9 Å². The van der Waals surface area contributed by atoms with Crippen LogP contribution >= 0.6 is 15.9 Å². The molecule has 106 valence electrons. The van der Waals surface area contributed by atoms with E-state index in [1.807, 2.05) is 6.92 Å². The van der Waals surface area contributed by atoms with Gasteiger partial charge in [-0.15, -0.1) is 0 Å². The van der Waals surface area contributed by atoms with Gasteiger partial charge in [-0.1, -0.05) is 13.0 Å². The van der Waals surface area contributed by atoms with Gasteiger partial charge in [-0.2, -0.15) is 0 Å². The van der Waals surface area contributed by atoms with E-state index < -0.39 is 0 Å². The Morgan fingerprint density at radius 1 is 1.42 bits per heavy atom. The molecule has 0 saturated carbocycles. The Kier molecular flexibility index (Phi) is 4.87. The topological polar surface area (TPSA) is 32.5 Å². The van der Waals surface area contributed by atoms with Crippen molar-refractivity contribution in [3.05, 3.63) is 28.2 Å². The molecule has 0 radical (unpaired) electrons. The third-order valence-electron chi connectivity index (χ3n) is 4.01. The molecule has 1 aromatic rings. The number of nitrogens with zero attached hydrogens (tertiary/aromatic N) is 2. The molecule has 2 atom stereocenters. The quantitative estimate of drug-likeness (QED) is 0.927. The Bertz CT molecular complexity index is 433. The number of rotatable bonds is 3. The average Bonchev–Trinajstić information content (AvgIpc) is 2.38. The molecule has 1 aliphatic heterocycles. The summed E-state index contributed by atoms with van der Waals surface area (Å²) in [5.74, 6) is 0. The van der Waals surface area contributed by atoms with Crippen molar-refractivity contribution >= 4 is 21.6 Å². The molecule has 2 N–H and O–H groups in total. The number of nitrogens with two attached hydrogens (primary N) is 1. The van der Waals surface area contributed by atoms with E-state index in [2.05, 4.69) is 57.8 Å². The van der Waals surface area contributed by atoms with Crippen LogP contribution in [0.4, 0.5) is 5.69 Å². The first-order valence-corrected chi connectivity index (χ1v) is 7.86. The van der Waals surface area contributed by atoms with Gasteiger partial charge in [0.2, 0.25) is 0 Å². The molecule has 1 saturated heterocycles. The summed E-state index contributed by atoms with van der Waals surface area (Å²) in [5.41, 5.74) is 8.39. The van der Waals surface area contributed by atoms with Crippen molar-refractivity contribution in [2.24, 2.45) is 5.73 Å². The molecule has 19 heavy (non-hydrogen) atoms. The first-order valence-electron chi connectivity index (χ1n) is 7.07. The Morgan fingerprint density at radius 3 is 2.68 bits per heavy atom. The predicted octanol–water partition coefficient (Wildman–Crippen LogP) is 3.00. The second-order valence-electron chi connectivity index (χ2n) is 5.42. The molecule has 4 heteroatoms. The maximum Gasteiger partial charge on any atom is 0.0511 e. The summed E-state index contributed by atoms with van der Waals surface area (Å²) >= 11 is 3.69. The van der Waals surface area contributed by atoms with Crippen molar-refractivity contribution in [1.29, 1.82) is 0 Å². The third kappa shape index (κ3) is 3.30. The van der Waals surface area contributed by atoms with Crippen molar-refractivity contribution in [2.75, 3.05) is 31.1 Å². The monoisotopic (exact) mass is 325 g/mol. The minimum Gasteiger partial charge on any atom is -0.368 e. The maximum atomic E-state index is 5.93. The Balaban J connectivity index is 2.15. The van der Waals surface area contributed by atoms with E-state index in [-0.39, 0.29) is 6.04 Å². The highest BCUT2D eigenvalue weighted by Crippen LogP contribution is 2.30. The van der Waals surface area contributed by atoms with Crippen LogP contribution in [0.1, 0.15) is 32.4 Å². The highest BCUT2D eigenvalue weighted by atomic mass is 79.9. The van der Waals surface area contributed by atoms with Gasteiger partial charge in [-0.05, 0) is 54.0 Å². The SMILES string of the molecule is CCN1CCN(c2ccc(C(C)N)cc2Br)CC1C. The minimum atomic E-state index is 0.0845. The summed E-state index contributed by atoms with van der Waals surface area (Å²) in [6.07, 6.45) is 0. The molecule has 0 bridgehead atoms. The Labute approximate surface area is 124 Å². The highest BCUT2D eigenvalue weighted by molar-refractivity contribution is 9.10. The normalized spacial score (nSPS) is 22.6. The molecule has 0 aromatic heterocycles. The van der Waals surface area contributed by atoms with Crippen LogP contribution in [0.2, 0.25) is 0 Å². The number of hydrogen-bond donors (Lipinski definition) is 1. The van der Waals surface area contributed by atoms with Gasteiger partial charge in [0.05, 0.1) is 5.69 Å². The Morgan fingerprint density at radius 2 is 2.16 bits per heavy atom. The van der Waals surface area contributed by atoms with Gasteiger partial charge in [0.25, 0.3) is 0 Å². The zero-order chi connectivity index (χ0) is 14.0. The molecule has 2 unspecified atom stereocenters. The molecular formula is C15H24BrN3. The number of likely N-dealkylation sites (N-methyl/N-ethyl adjacent to an activating group) is 1. The van der Waals surface area contributed by atoms with Crippen LogP contribution in [-0.4, -0.2) is 37.1 Å². The van der Waals surface area contributed by atoms with E-state index in [1.165, 1.54) is 11.3 Å². The summed E-state index contributed by atoms with van der Waals surface area (Å²) in [4.78, 5) is 4.99. The molecule has 1 heterocycles. The lowest BCUT2D eigenvalue weighted by molar-refractivity contribution is 0.199. The van der Waals surface area contributed by atoms with E-state index in [0.717, 1.165) is 30.7 Å². The summed E-state index contributed by atoms with van der Waals surface area (Å²) in [7, 11) is 0. The van der Waals surface area contributed by atoms with Gasteiger partial charge in [0.15, 0.2) is 0 Å². The summed E-state index contributed by atoms with van der Waals surface area (Å²) in [6, 6.07) is 7.18. The minimum absolute atomic E-state index is 0.0845. The van der Waals surface area contributed by atoms with E-state index in [1.54, 1.807) is 0 Å². The second-order valence-corrected chi connectivity index (χ2v) is 6.28. The van der Waals surface area contributed by atoms with E-state index in [4.69, 9.17) is 5.73 Å². The fraction of sp³-hybridized carbons (Fsp3) is 0.600. The van der Waals surface area contributed by atoms with E-state index >= 15 is 0 Å². The lowest BCUT2D eigenvalue weighted by Crippen LogP contribution is -2.51. The molecular weight excluding hydrogens is 302 g/mol. The molecule has 3 nitrogen and oxygen atoms in total. The lowest BCUT2D eigenvalue weighted by Gasteiger charge is -2.41. The molecule has 1 aliphatic rings. The average molecular weight is 326 g/mol. The number of hydrogen-bond acceptors (Lipinski definition) is 3. The molecule has 0 aliphatic carbocycles. The molecule has 0 amide bonds. The molecule has 2 rings (SSSR count). The van der Waals surface area contributed by atoms with Crippen LogP contribution in [0.15, 0.2) is 22.7 Å². The van der Waals surface area contributed by atoms with Gasteiger partial charge >= 0.3 is 0 Å². The van der Waals surface area contributed by atoms with Crippen LogP contribution in [0.25, 0.3) is 0 Å². The van der Waals surface area contributed by atoms with Crippen molar-refractivity contribution in [3.63, 3.8) is 0 Å². The van der Waals surface area contributed by atoms with Gasteiger partial charge in [-0.3, -0.25) is 4.90 Å². The van der Waals surface area contributed by atoms with Gasteiger partial charge in [-0.25, -0.2) is 0 Å². The lowest BCUT2D eigenvalue weighted by atomic mass is 10.1. The first-order chi connectivity index (χ1) is 9.02. The second kappa shape index (κ2) is 6.25. The summed E-state index contributed by atoms with van der Waals surface area (Å²) < 4.78 is 1.15. The number of benzene rings is 1. The number of piperazine rings is 1. The van der Waals surface area contributed by atoms with Crippen LogP contribution < -0.4 is 10.6 Å².